The maximum atomic E-state index is 9.59. The molecule has 5 heteroatoms. The van der Waals surface area contributed by atoms with Gasteiger partial charge in [0.05, 0.1) is 18.5 Å². The first kappa shape index (κ1) is 8.56. The zero-order valence-corrected chi connectivity index (χ0v) is 5.61. The van der Waals surface area contributed by atoms with Gasteiger partial charge in [0, 0.05) is 0 Å². The van der Waals surface area contributed by atoms with Gasteiger partial charge in [-0.05, 0) is 6.92 Å². The van der Waals surface area contributed by atoms with Crippen molar-refractivity contribution in [2.75, 3.05) is 6.54 Å². The summed E-state index contributed by atoms with van der Waals surface area (Å²) in [6.07, 6.45) is 0.417. The number of nitrogens with zero attached hydrogens (tertiary/aromatic N) is 3. The van der Waals surface area contributed by atoms with Crippen LogP contribution in [0.1, 0.15) is 6.92 Å². The molecule has 0 aromatic heterocycles. The molecule has 1 N–H and O–H groups in total. The number of carbonyl (C=O) groups excluding carboxylic acids is 1. The van der Waals surface area contributed by atoms with Gasteiger partial charge in [-0.1, -0.05) is 5.22 Å². The molecule has 5 nitrogen and oxygen atoms in total. The molecule has 0 rings (SSSR count). The van der Waals surface area contributed by atoms with Crippen LogP contribution < -0.4 is 5.43 Å². The minimum Gasteiger partial charge on any atom is -0.277 e. The Morgan fingerprint density at radius 3 is 3.10 bits per heavy atom. The topological polar surface area (TPSA) is 77.6 Å². The molecule has 0 aliphatic carbocycles. The van der Waals surface area contributed by atoms with Crippen LogP contribution >= 0.6 is 0 Å². The van der Waals surface area contributed by atoms with Crippen molar-refractivity contribution in [1.82, 2.24) is 5.43 Å². The van der Waals surface area contributed by atoms with E-state index in [0.717, 1.165) is 0 Å². The van der Waals surface area contributed by atoms with Crippen LogP contribution in [0, 0.1) is 17.2 Å². The van der Waals surface area contributed by atoms with Gasteiger partial charge in [0.15, 0.2) is 0 Å². The second-order valence-corrected chi connectivity index (χ2v) is 1.70. The summed E-state index contributed by atoms with van der Waals surface area (Å²) in [5, 5.41) is 15.0. The van der Waals surface area contributed by atoms with Gasteiger partial charge < -0.3 is 0 Å². The predicted octanol–water partition coefficient (Wildman–Crippen LogP) is 0.259. The monoisotopic (exact) mass is 140 g/mol. The zero-order valence-electron chi connectivity index (χ0n) is 5.61. The molecule has 0 aliphatic rings. The highest BCUT2D eigenvalue weighted by molar-refractivity contribution is 5.44. The summed E-state index contributed by atoms with van der Waals surface area (Å²) in [4.78, 5) is 9.59. The van der Waals surface area contributed by atoms with Crippen LogP contribution in [0.25, 0.3) is 0 Å². The third kappa shape index (κ3) is 4.71. The van der Waals surface area contributed by atoms with Crippen LogP contribution in [0.15, 0.2) is 10.3 Å². The average Bonchev–Trinajstić information content (AvgIpc) is 1.98. The van der Waals surface area contributed by atoms with E-state index in [2.05, 4.69) is 10.3 Å². The van der Waals surface area contributed by atoms with Crippen molar-refractivity contribution < 1.29 is 4.79 Å². The quantitative estimate of drug-likeness (QED) is 0.345. The van der Waals surface area contributed by atoms with Gasteiger partial charge in [-0.2, -0.15) is 10.4 Å². The molecular formula is C5H8N4O. The van der Waals surface area contributed by atoms with E-state index >= 15 is 0 Å². The third-order valence-corrected chi connectivity index (χ3v) is 0.757. The number of amides is 1. The molecule has 0 saturated carbocycles. The fourth-order valence-corrected chi connectivity index (χ4v) is 0.269. The Bertz CT molecular complexity index is 160. The number of carbonyl (C=O) groups is 1. The SMILES string of the molecule is CC(C#N)CN=NNC=O. The first-order valence-corrected chi connectivity index (χ1v) is 2.76. The van der Waals surface area contributed by atoms with Crippen LogP contribution in [0.5, 0.6) is 0 Å². The van der Waals surface area contributed by atoms with Gasteiger partial charge in [-0.3, -0.25) is 4.79 Å². The standard InChI is InChI=1S/C5H8N4O/c1-5(2-6)3-7-9-8-4-10/h4-5H,3H2,1H3,(H,7,8,10). The molecular weight excluding hydrogens is 132 g/mol. The Morgan fingerprint density at radius 1 is 1.90 bits per heavy atom. The van der Waals surface area contributed by atoms with Crippen LogP contribution in [0.2, 0.25) is 0 Å². The number of hydrogen-bond acceptors (Lipinski definition) is 4. The highest BCUT2D eigenvalue weighted by atomic mass is 16.1. The lowest BCUT2D eigenvalue weighted by atomic mass is 10.2. The lowest BCUT2D eigenvalue weighted by Gasteiger charge is -1.90. The Morgan fingerprint density at radius 2 is 2.60 bits per heavy atom. The van der Waals surface area contributed by atoms with Crippen LogP contribution in [-0.4, -0.2) is 13.0 Å². The van der Waals surface area contributed by atoms with Crippen molar-refractivity contribution in [3.05, 3.63) is 0 Å². The van der Waals surface area contributed by atoms with E-state index < -0.39 is 0 Å². The Balaban J connectivity index is 3.35. The molecule has 1 atom stereocenters. The minimum absolute atomic E-state index is 0.155. The van der Waals surface area contributed by atoms with Crippen LogP contribution in [-0.2, 0) is 4.79 Å². The lowest BCUT2D eigenvalue weighted by molar-refractivity contribution is -0.109. The molecule has 54 valence electrons. The zero-order chi connectivity index (χ0) is 7.82. The van der Waals surface area contributed by atoms with Crippen molar-refractivity contribution >= 4 is 6.41 Å². The normalized spacial score (nSPS) is 12.4. The van der Waals surface area contributed by atoms with E-state index in [4.69, 9.17) is 5.26 Å². The smallest absolute Gasteiger partial charge is 0.228 e. The summed E-state index contributed by atoms with van der Waals surface area (Å²) >= 11 is 0. The number of rotatable bonds is 4. The largest absolute Gasteiger partial charge is 0.277 e. The summed E-state index contributed by atoms with van der Waals surface area (Å²) < 4.78 is 0. The van der Waals surface area contributed by atoms with E-state index in [1.54, 1.807) is 6.92 Å². The maximum absolute atomic E-state index is 9.59. The molecule has 0 heterocycles. The molecule has 10 heavy (non-hydrogen) atoms. The maximum Gasteiger partial charge on any atom is 0.228 e. The minimum atomic E-state index is -0.155. The fraction of sp³-hybridized carbons (Fsp3) is 0.600. The van der Waals surface area contributed by atoms with Crippen LogP contribution in [0.3, 0.4) is 0 Å². The number of nitriles is 1. The first-order valence-electron chi connectivity index (χ1n) is 2.76. The molecule has 0 aromatic carbocycles. The molecule has 0 saturated heterocycles. The second-order valence-electron chi connectivity index (χ2n) is 1.70. The van der Waals surface area contributed by atoms with Crippen molar-refractivity contribution in [3.63, 3.8) is 0 Å². The Labute approximate surface area is 58.7 Å². The van der Waals surface area contributed by atoms with Crippen molar-refractivity contribution in [1.29, 1.82) is 5.26 Å². The van der Waals surface area contributed by atoms with Crippen molar-refractivity contribution in [3.8, 4) is 6.07 Å². The van der Waals surface area contributed by atoms with Crippen LogP contribution in [0.4, 0.5) is 0 Å². The number of hydrogen-bond donors (Lipinski definition) is 1. The first-order chi connectivity index (χ1) is 4.81. The molecule has 0 fully saturated rings. The molecule has 0 aromatic rings. The Kier molecular flexibility index (Phi) is 4.87. The van der Waals surface area contributed by atoms with E-state index in [-0.39, 0.29) is 5.92 Å². The van der Waals surface area contributed by atoms with E-state index in [1.165, 1.54) is 0 Å². The van der Waals surface area contributed by atoms with E-state index in [1.807, 2.05) is 11.5 Å². The molecule has 0 bridgehead atoms. The summed E-state index contributed by atoms with van der Waals surface area (Å²) in [6.45, 7) is 2.04. The predicted molar refractivity (Wildman–Crippen MR) is 33.7 cm³/mol. The molecule has 1 unspecified atom stereocenters. The summed E-state index contributed by atoms with van der Waals surface area (Å²) in [6, 6.07) is 1.97. The van der Waals surface area contributed by atoms with Gasteiger partial charge in [-0.15, -0.1) is 0 Å². The highest BCUT2D eigenvalue weighted by Gasteiger charge is 1.94. The summed E-state index contributed by atoms with van der Waals surface area (Å²) in [5.74, 6) is -0.155. The van der Waals surface area contributed by atoms with E-state index in [0.29, 0.717) is 13.0 Å². The fourth-order valence-electron chi connectivity index (χ4n) is 0.269. The molecule has 0 radical (unpaired) electrons. The average molecular weight is 140 g/mol. The van der Waals surface area contributed by atoms with Gasteiger partial charge in [0.25, 0.3) is 0 Å². The van der Waals surface area contributed by atoms with E-state index in [9.17, 15) is 4.79 Å². The van der Waals surface area contributed by atoms with Crippen molar-refractivity contribution in [2.45, 2.75) is 6.92 Å². The van der Waals surface area contributed by atoms with Crippen molar-refractivity contribution in [2.24, 2.45) is 16.3 Å². The molecule has 1 amide bonds. The van der Waals surface area contributed by atoms with Gasteiger partial charge in [0.1, 0.15) is 0 Å². The lowest BCUT2D eigenvalue weighted by Crippen LogP contribution is -2.00. The Hall–Kier alpha value is -1.44. The molecule has 0 spiro atoms. The summed E-state index contributed by atoms with van der Waals surface area (Å²) in [5.41, 5.74) is 2.00. The second kappa shape index (κ2) is 5.69. The third-order valence-electron chi connectivity index (χ3n) is 0.757. The van der Waals surface area contributed by atoms with Gasteiger partial charge in [0.2, 0.25) is 6.41 Å². The summed E-state index contributed by atoms with van der Waals surface area (Å²) in [7, 11) is 0. The highest BCUT2D eigenvalue weighted by Crippen LogP contribution is 1.90. The van der Waals surface area contributed by atoms with Gasteiger partial charge in [-0.25, -0.2) is 5.43 Å². The van der Waals surface area contributed by atoms with Gasteiger partial charge >= 0.3 is 0 Å². The number of nitrogens with one attached hydrogen (secondary N) is 1. The molecule has 0 aliphatic heterocycles.